The van der Waals surface area contributed by atoms with Crippen molar-refractivity contribution in [2.24, 2.45) is 5.92 Å². The first-order chi connectivity index (χ1) is 7.11. The van der Waals surface area contributed by atoms with Crippen molar-refractivity contribution in [1.29, 1.82) is 0 Å². The van der Waals surface area contributed by atoms with E-state index in [0.29, 0.717) is 13.0 Å². The normalized spacial score (nSPS) is 10.4. The molecule has 2 nitrogen and oxygen atoms in total. The average Bonchev–Trinajstić information content (AvgIpc) is 2.20. The lowest BCUT2D eigenvalue weighted by Gasteiger charge is -2.09. The van der Waals surface area contributed by atoms with Crippen molar-refractivity contribution in [3.05, 3.63) is 29.8 Å². The highest BCUT2D eigenvalue weighted by Gasteiger charge is 2.07. The predicted molar refractivity (Wildman–Crippen MR) is 61.1 cm³/mol. The highest BCUT2D eigenvalue weighted by atomic mass is 16.5. The largest absolute Gasteiger partial charge is 0.493 e. The summed E-state index contributed by atoms with van der Waals surface area (Å²) in [5, 5.41) is 0. The van der Waals surface area contributed by atoms with Gasteiger partial charge in [0.25, 0.3) is 0 Å². The second kappa shape index (κ2) is 5.54. The minimum absolute atomic E-state index is 0.102. The number of rotatable bonds is 5. The van der Waals surface area contributed by atoms with Gasteiger partial charge in [0, 0.05) is 12.3 Å². The van der Waals surface area contributed by atoms with E-state index in [2.05, 4.69) is 0 Å². The Bertz CT molecular complexity index is 329. The van der Waals surface area contributed by atoms with Crippen LogP contribution in [0.3, 0.4) is 0 Å². The monoisotopic (exact) mass is 206 g/mol. The number of ketones is 1. The van der Waals surface area contributed by atoms with Gasteiger partial charge in [-0.15, -0.1) is 0 Å². The van der Waals surface area contributed by atoms with Crippen LogP contribution in [0.1, 0.15) is 25.8 Å². The zero-order chi connectivity index (χ0) is 11.3. The van der Waals surface area contributed by atoms with Gasteiger partial charge < -0.3 is 4.74 Å². The molecule has 0 fully saturated rings. The SMILES string of the molecule is Cc1ccccc1OCCC(=O)C(C)C. The van der Waals surface area contributed by atoms with Gasteiger partial charge in [0.2, 0.25) is 0 Å². The van der Waals surface area contributed by atoms with Gasteiger partial charge in [0.1, 0.15) is 11.5 Å². The first-order valence-electron chi connectivity index (χ1n) is 5.32. The predicted octanol–water partition coefficient (Wildman–Crippen LogP) is 2.99. The number of ether oxygens (including phenoxy) is 1. The molecule has 2 heteroatoms. The van der Waals surface area contributed by atoms with Crippen LogP contribution in [0, 0.1) is 12.8 Å². The van der Waals surface area contributed by atoms with Crippen LogP contribution in [0.4, 0.5) is 0 Å². The van der Waals surface area contributed by atoms with E-state index in [1.165, 1.54) is 0 Å². The Morgan fingerprint density at radius 1 is 1.33 bits per heavy atom. The van der Waals surface area contributed by atoms with Gasteiger partial charge in [0.15, 0.2) is 0 Å². The molecule has 0 aliphatic rings. The molecule has 0 spiro atoms. The van der Waals surface area contributed by atoms with E-state index in [1.807, 2.05) is 45.0 Å². The standard InChI is InChI=1S/C13H18O2/c1-10(2)12(14)8-9-15-13-7-5-4-6-11(13)3/h4-7,10H,8-9H2,1-3H3. The smallest absolute Gasteiger partial charge is 0.138 e. The summed E-state index contributed by atoms with van der Waals surface area (Å²) in [6.07, 6.45) is 0.492. The first kappa shape index (κ1) is 11.8. The first-order valence-corrected chi connectivity index (χ1v) is 5.32. The fraction of sp³-hybridized carbons (Fsp3) is 0.462. The quantitative estimate of drug-likeness (QED) is 0.740. The molecule has 15 heavy (non-hydrogen) atoms. The Morgan fingerprint density at radius 3 is 2.60 bits per heavy atom. The molecule has 0 radical (unpaired) electrons. The topological polar surface area (TPSA) is 26.3 Å². The fourth-order valence-electron chi connectivity index (χ4n) is 1.27. The van der Waals surface area contributed by atoms with Crippen LogP contribution in [0.5, 0.6) is 5.75 Å². The molecule has 1 aromatic rings. The molecule has 0 atom stereocenters. The molecule has 82 valence electrons. The highest BCUT2D eigenvalue weighted by Crippen LogP contribution is 2.16. The third-order valence-corrected chi connectivity index (χ3v) is 2.34. The summed E-state index contributed by atoms with van der Waals surface area (Å²) in [4.78, 5) is 11.3. The maximum absolute atomic E-state index is 11.3. The summed E-state index contributed by atoms with van der Waals surface area (Å²) in [5.41, 5.74) is 1.11. The second-order valence-corrected chi connectivity index (χ2v) is 3.98. The van der Waals surface area contributed by atoms with E-state index in [4.69, 9.17) is 4.74 Å². The summed E-state index contributed by atoms with van der Waals surface area (Å²) in [6.45, 7) is 6.30. The van der Waals surface area contributed by atoms with Crippen LogP contribution in [-0.2, 0) is 4.79 Å². The minimum Gasteiger partial charge on any atom is -0.493 e. The van der Waals surface area contributed by atoms with Crippen LogP contribution in [0.25, 0.3) is 0 Å². The molecular weight excluding hydrogens is 188 g/mol. The van der Waals surface area contributed by atoms with Gasteiger partial charge in [-0.3, -0.25) is 4.79 Å². The van der Waals surface area contributed by atoms with Crippen molar-refractivity contribution in [2.45, 2.75) is 27.2 Å². The van der Waals surface area contributed by atoms with E-state index in [1.54, 1.807) is 0 Å². The van der Waals surface area contributed by atoms with Crippen molar-refractivity contribution in [3.8, 4) is 5.75 Å². The maximum atomic E-state index is 11.3. The van der Waals surface area contributed by atoms with Gasteiger partial charge in [-0.1, -0.05) is 32.0 Å². The Hall–Kier alpha value is -1.31. The summed E-state index contributed by atoms with van der Waals surface area (Å²) in [6, 6.07) is 7.84. The van der Waals surface area contributed by atoms with Crippen LogP contribution in [0.2, 0.25) is 0 Å². The Morgan fingerprint density at radius 2 is 2.00 bits per heavy atom. The zero-order valence-electron chi connectivity index (χ0n) is 9.62. The van der Waals surface area contributed by atoms with Crippen LogP contribution >= 0.6 is 0 Å². The lowest BCUT2D eigenvalue weighted by molar-refractivity contribution is -0.122. The fourth-order valence-corrected chi connectivity index (χ4v) is 1.27. The summed E-state index contributed by atoms with van der Waals surface area (Å²) < 4.78 is 5.54. The molecule has 0 heterocycles. The lowest BCUT2D eigenvalue weighted by Crippen LogP contribution is -2.11. The van der Waals surface area contributed by atoms with Crippen molar-refractivity contribution in [3.63, 3.8) is 0 Å². The molecule has 0 aliphatic carbocycles. The van der Waals surface area contributed by atoms with Crippen LogP contribution in [0.15, 0.2) is 24.3 Å². The van der Waals surface area contributed by atoms with Crippen LogP contribution in [-0.4, -0.2) is 12.4 Å². The van der Waals surface area contributed by atoms with Crippen LogP contribution < -0.4 is 4.74 Å². The van der Waals surface area contributed by atoms with Gasteiger partial charge in [-0.2, -0.15) is 0 Å². The summed E-state index contributed by atoms with van der Waals surface area (Å²) in [7, 11) is 0. The summed E-state index contributed by atoms with van der Waals surface area (Å²) in [5.74, 6) is 1.23. The highest BCUT2D eigenvalue weighted by molar-refractivity contribution is 5.80. The molecule has 0 aliphatic heterocycles. The van der Waals surface area contributed by atoms with E-state index < -0.39 is 0 Å². The van der Waals surface area contributed by atoms with E-state index in [0.717, 1.165) is 11.3 Å². The van der Waals surface area contributed by atoms with E-state index in [-0.39, 0.29) is 11.7 Å². The average molecular weight is 206 g/mol. The van der Waals surface area contributed by atoms with Crippen molar-refractivity contribution < 1.29 is 9.53 Å². The number of aryl methyl sites for hydroxylation is 1. The summed E-state index contributed by atoms with van der Waals surface area (Å²) >= 11 is 0. The minimum atomic E-state index is 0.102. The maximum Gasteiger partial charge on any atom is 0.138 e. The van der Waals surface area contributed by atoms with Crippen molar-refractivity contribution in [2.75, 3.05) is 6.61 Å². The van der Waals surface area contributed by atoms with Gasteiger partial charge >= 0.3 is 0 Å². The molecule has 0 saturated carbocycles. The number of carbonyl (C=O) groups excluding carboxylic acids is 1. The third kappa shape index (κ3) is 3.74. The van der Waals surface area contributed by atoms with Gasteiger partial charge in [-0.05, 0) is 18.6 Å². The molecular formula is C13H18O2. The van der Waals surface area contributed by atoms with Gasteiger partial charge in [0.05, 0.1) is 6.61 Å². The molecule has 0 amide bonds. The van der Waals surface area contributed by atoms with Crippen molar-refractivity contribution in [1.82, 2.24) is 0 Å². The lowest BCUT2D eigenvalue weighted by atomic mass is 10.1. The molecule has 0 aromatic heterocycles. The molecule has 0 unspecified atom stereocenters. The number of para-hydroxylation sites is 1. The molecule has 0 saturated heterocycles. The second-order valence-electron chi connectivity index (χ2n) is 3.98. The molecule has 0 bridgehead atoms. The third-order valence-electron chi connectivity index (χ3n) is 2.34. The Balaban J connectivity index is 2.38. The number of benzene rings is 1. The number of hydrogen-bond acceptors (Lipinski definition) is 2. The number of hydrogen-bond donors (Lipinski definition) is 0. The Kier molecular flexibility index (Phi) is 4.35. The molecule has 1 aromatic carbocycles. The molecule has 0 N–H and O–H groups in total. The number of Topliss-reactive ketones (excluding diaryl/α,β-unsaturated/α-hetero) is 1. The van der Waals surface area contributed by atoms with E-state index >= 15 is 0 Å². The Labute approximate surface area is 91.3 Å². The molecule has 1 rings (SSSR count). The number of carbonyl (C=O) groups is 1. The van der Waals surface area contributed by atoms with E-state index in [9.17, 15) is 4.79 Å². The van der Waals surface area contributed by atoms with Crippen molar-refractivity contribution >= 4 is 5.78 Å². The van der Waals surface area contributed by atoms with Gasteiger partial charge in [-0.25, -0.2) is 0 Å². The zero-order valence-corrected chi connectivity index (χ0v) is 9.62.